The van der Waals surface area contributed by atoms with E-state index in [1.165, 1.54) is 0 Å². The zero-order valence-corrected chi connectivity index (χ0v) is 16.2. The van der Waals surface area contributed by atoms with E-state index in [1.54, 1.807) is 7.11 Å². The van der Waals surface area contributed by atoms with Gasteiger partial charge in [-0.1, -0.05) is 22.9 Å². The number of nitrogens with zero attached hydrogens (tertiary/aromatic N) is 1. The van der Waals surface area contributed by atoms with Crippen LogP contribution < -0.4 is 10.1 Å². The first-order valence-corrected chi connectivity index (χ1v) is 8.77. The molecular weight excluding hydrogens is 380 g/mol. The van der Waals surface area contributed by atoms with Crippen LogP contribution in [0.25, 0.3) is 0 Å². The van der Waals surface area contributed by atoms with Crippen LogP contribution in [0.15, 0.2) is 22.7 Å². The number of benzene rings is 1. The SMILES string of the molecule is CCCN(C(=O)Cc1cc(Br)ccc1OC)C1CCNCC1.Cl. The van der Waals surface area contributed by atoms with Crippen molar-refractivity contribution >= 4 is 34.2 Å². The largest absolute Gasteiger partial charge is 0.496 e. The summed E-state index contributed by atoms with van der Waals surface area (Å²) in [6, 6.07) is 6.18. The molecule has 1 fully saturated rings. The second-order valence-corrected chi connectivity index (χ2v) is 6.62. The van der Waals surface area contributed by atoms with Crippen molar-refractivity contribution in [2.45, 2.75) is 38.6 Å². The van der Waals surface area contributed by atoms with Gasteiger partial charge in [-0.3, -0.25) is 4.79 Å². The number of methoxy groups -OCH3 is 1. The zero-order valence-electron chi connectivity index (χ0n) is 13.8. The Labute approximate surface area is 153 Å². The van der Waals surface area contributed by atoms with Crippen molar-refractivity contribution in [3.8, 4) is 5.75 Å². The molecule has 1 N–H and O–H groups in total. The Balaban J connectivity index is 0.00000264. The van der Waals surface area contributed by atoms with E-state index in [-0.39, 0.29) is 18.3 Å². The molecule has 0 aliphatic carbocycles. The molecule has 1 aromatic carbocycles. The van der Waals surface area contributed by atoms with Gasteiger partial charge < -0.3 is 15.0 Å². The number of rotatable bonds is 6. The molecule has 4 nitrogen and oxygen atoms in total. The van der Waals surface area contributed by atoms with Crippen LogP contribution in [0.3, 0.4) is 0 Å². The number of hydrogen-bond donors (Lipinski definition) is 1. The highest BCUT2D eigenvalue weighted by Crippen LogP contribution is 2.24. The monoisotopic (exact) mass is 404 g/mol. The summed E-state index contributed by atoms with van der Waals surface area (Å²) in [5.74, 6) is 0.975. The minimum Gasteiger partial charge on any atom is -0.496 e. The Hall–Kier alpha value is -0.780. The molecule has 1 aromatic rings. The fourth-order valence-corrected chi connectivity index (χ4v) is 3.43. The Morgan fingerprint density at radius 2 is 2.09 bits per heavy atom. The van der Waals surface area contributed by atoms with E-state index in [2.05, 4.69) is 33.1 Å². The first kappa shape index (κ1) is 20.3. The lowest BCUT2D eigenvalue weighted by Gasteiger charge is -2.34. The normalized spacial score (nSPS) is 14.9. The summed E-state index contributed by atoms with van der Waals surface area (Å²) < 4.78 is 6.36. The molecule has 0 aromatic heterocycles. The van der Waals surface area contributed by atoms with Gasteiger partial charge in [0.1, 0.15) is 5.75 Å². The molecule has 1 aliphatic rings. The van der Waals surface area contributed by atoms with Gasteiger partial charge >= 0.3 is 0 Å². The number of halogens is 2. The number of piperidine rings is 1. The summed E-state index contributed by atoms with van der Waals surface area (Å²) in [5, 5.41) is 3.36. The van der Waals surface area contributed by atoms with E-state index < -0.39 is 0 Å². The van der Waals surface area contributed by atoms with Crippen molar-refractivity contribution in [1.29, 1.82) is 0 Å². The maximum absolute atomic E-state index is 12.8. The molecule has 0 unspecified atom stereocenters. The number of amides is 1. The summed E-state index contributed by atoms with van der Waals surface area (Å²) in [6.45, 7) is 4.96. The van der Waals surface area contributed by atoms with Crippen molar-refractivity contribution in [1.82, 2.24) is 10.2 Å². The predicted molar refractivity (Wildman–Crippen MR) is 99.5 cm³/mol. The van der Waals surface area contributed by atoms with Gasteiger partial charge in [0.25, 0.3) is 0 Å². The quantitative estimate of drug-likeness (QED) is 0.788. The van der Waals surface area contributed by atoms with Crippen molar-refractivity contribution in [2.24, 2.45) is 0 Å². The first-order valence-electron chi connectivity index (χ1n) is 7.98. The van der Waals surface area contributed by atoms with Crippen LogP contribution in [0.1, 0.15) is 31.7 Å². The van der Waals surface area contributed by atoms with Crippen molar-refractivity contribution in [2.75, 3.05) is 26.7 Å². The van der Waals surface area contributed by atoms with E-state index in [1.807, 2.05) is 18.2 Å². The average Bonchev–Trinajstić information content (AvgIpc) is 2.53. The second-order valence-electron chi connectivity index (χ2n) is 5.70. The lowest BCUT2D eigenvalue weighted by Crippen LogP contribution is -2.47. The van der Waals surface area contributed by atoms with E-state index in [0.717, 1.165) is 54.7 Å². The van der Waals surface area contributed by atoms with E-state index in [0.29, 0.717) is 12.5 Å². The summed E-state index contributed by atoms with van der Waals surface area (Å²) in [6.07, 6.45) is 3.47. The summed E-state index contributed by atoms with van der Waals surface area (Å²) >= 11 is 3.47. The standard InChI is InChI=1S/C17H25BrN2O2.ClH/c1-3-10-20(15-6-8-19-9-7-15)17(21)12-13-11-14(18)4-5-16(13)22-2;/h4-5,11,15,19H,3,6-10,12H2,1-2H3;1H. The van der Waals surface area contributed by atoms with Crippen LogP contribution in [0, 0.1) is 0 Å². The fourth-order valence-electron chi connectivity index (χ4n) is 3.02. The summed E-state index contributed by atoms with van der Waals surface area (Å²) in [4.78, 5) is 14.9. The van der Waals surface area contributed by atoms with E-state index in [4.69, 9.17) is 4.74 Å². The minimum atomic E-state index is 0. The molecule has 0 radical (unpaired) electrons. The van der Waals surface area contributed by atoms with Crippen LogP contribution in [-0.2, 0) is 11.2 Å². The second kappa shape index (κ2) is 10.2. The Morgan fingerprint density at radius 1 is 1.39 bits per heavy atom. The number of hydrogen-bond acceptors (Lipinski definition) is 3. The average molecular weight is 406 g/mol. The topological polar surface area (TPSA) is 41.6 Å². The third-order valence-corrected chi connectivity index (χ3v) is 4.61. The van der Waals surface area contributed by atoms with Crippen molar-refractivity contribution in [3.05, 3.63) is 28.2 Å². The summed E-state index contributed by atoms with van der Waals surface area (Å²) in [7, 11) is 1.65. The Kier molecular flexibility index (Phi) is 8.95. The molecule has 1 saturated heterocycles. The van der Waals surface area contributed by atoms with E-state index >= 15 is 0 Å². The molecule has 2 rings (SSSR count). The lowest BCUT2D eigenvalue weighted by molar-refractivity contribution is -0.133. The summed E-state index contributed by atoms with van der Waals surface area (Å²) in [5.41, 5.74) is 0.942. The molecule has 23 heavy (non-hydrogen) atoms. The van der Waals surface area contributed by atoms with Gasteiger partial charge in [0.2, 0.25) is 5.91 Å². The highest BCUT2D eigenvalue weighted by molar-refractivity contribution is 9.10. The van der Waals surface area contributed by atoms with Gasteiger partial charge in [-0.15, -0.1) is 12.4 Å². The van der Waals surface area contributed by atoms with Crippen LogP contribution in [0.5, 0.6) is 5.75 Å². The predicted octanol–water partition coefficient (Wildman–Crippen LogP) is 3.41. The molecule has 1 amide bonds. The molecule has 0 atom stereocenters. The van der Waals surface area contributed by atoms with Crippen LogP contribution >= 0.6 is 28.3 Å². The van der Waals surface area contributed by atoms with Gasteiger partial charge in [0.05, 0.1) is 13.5 Å². The maximum Gasteiger partial charge on any atom is 0.227 e. The van der Waals surface area contributed by atoms with Crippen LogP contribution in [0.2, 0.25) is 0 Å². The minimum absolute atomic E-state index is 0. The van der Waals surface area contributed by atoms with Crippen LogP contribution in [-0.4, -0.2) is 43.6 Å². The Morgan fingerprint density at radius 3 is 2.70 bits per heavy atom. The number of nitrogens with one attached hydrogen (secondary N) is 1. The van der Waals surface area contributed by atoms with Gasteiger partial charge in [0, 0.05) is 22.6 Å². The number of carbonyl (C=O) groups is 1. The molecule has 130 valence electrons. The molecule has 0 bridgehead atoms. The third kappa shape index (κ3) is 5.66. The first-order chi connectivity index (χ1) is 10.7. The lowest BCUT2D eigenvalue weighted by atomic mass is 10.0. The Bertz CT molecular complexity index is 507. The fraction of sp³-hybridized carbons (Fsp3) is 0.588. The number of carbonyl (C=O) groups excluding carboxylic acids is 1. The maximum atomic E-state index is 12.8. The highest BCUT2D eigenvalue weighted by Gasteiger charge is 2.25. The molecule has 1 heterocycles. The van der Waals surface area contributed by atoms with Crippen LogP contribution in [0.4, 0.5) is 0 Å². The van der Waals surface area contributed by atoms with Gasteiger partial charge in [-0.25, -0.2) is 0 Å². The molecule has 0 saturated carbocycles. The zero-order chi connectivity index (χ0) is 15.9. The van der Waals surface area contributed by atoms with Gasteiger partial charge in [-0.05, 0) is 50.6 Å². The highest BCUT2D eigenvalue weighted by atomic mass is 79.9. The van der Waals surface area contributed by atoms with Gasteiger partial charge in [-0.2, -0.15) is 0 Å². The molecule has 1 aliphatic heterocycles. The van der Waals surface area contributed by atoms with E-state index in [9.17, 15) is 4.79 Å². The third-order valence-electron chi connectivity index (χ3n) is 4.12. The molecular formula is C17H26BrClN2O2. The number of ether oxygens (including phenoxy) is 1. The smallest absolute Gasteiger partial charge is 0.227 e. The van der Waals surface area contributed by atoms with Gasteiger partial charge in [0.15, 0.2) is 0 Å². The van der Waals surface area contributed by atoms with Crippen molar-refractivity contribution < 1.29 is 9.53 Å². The molecule has 6 heteroatoms. The van der Waals surface area contributed by atoms with Crippen molar-refractivity contribution in [3.63, 3.8) is 0 Å². The molecule has 0 spiro atoms.